The normalized spacial score (nSPS) is 25.2. The molecule has 3 aromatic rings. The summed E-state index contributed by atoms with van der Waals surface area (Å²) < 4.78 is 30.2. The van der Waals surface area contributed by atoms with Gasteiger partial charge in [0.15, 0.2) is 0 Å². The molecule has 2 fully saturated rings. The Morgan fingerprint density at radius 3 is 2.64 bits per heavy atom. The summed E-state index contributed by atoms with van der Waals surface area (Å²) in [5, 5.41) is 29.2. The van der Waals surface area contributed by atoms with Gasteiger partial charge in [0, 0.05) is 46.9 Å². The Bertz CT molecular complexity index is 1610. The minimum Gasteiger partial charge on any atom is -0.395 e. The number of carbonyl (C=O) groups excluding carboxylic acids is 1. The van der Waals surface area contributed by atoms with E-state index in [4.69, 9.17) is 23.2 Å². The lowest BCUT2D eigenvalue weighted by atomic mass is 9.73. The first-order chi connectivity index (χ1) is 20.1. The summed E-state index contributed by atoms with van der Waals surface area (Å²) >= 11 is 15.6. The van der Waals surface area contributed by atoms with Crippen LogP contribution in [0, 0.1) is 27.7 Å². The molecule has 8 nitrogen and oxygen atoms in total. The van der Waals surface area contributed by atoms with E-state index in [0.717, 1.165) is 18.9 Å². The third kappa shape index (κ3) is 4.71. The van der Waals surface area contributed by atoms with Gasteiger partial charge in [0.25, 0.3) is 5.69 Å². The molecule has 1 unspecified atom stereocenters. The number of anilines is 1. The number of amides is 1. The molecule has 3 aromatic carbocycles. The number of hydrogen-bond acceptors (Lipinski definition) is 6. The molecule has 1 amide bonds. The van der Waals surface area contributed by atoms with Crippen LogP contribution < -0.4 is 10.6 Å². The molecule has 1 spiro atoms. The largest absolute Gasteiger partial charge is 0.395 e. The summed E-state index contributed by atoms with van der Waals surface area (Å²) in [6, 6.07) is 10.3. The maximum atomic E-state index is 16.0. The van der Waals surface area contributed by atoms with Gasteiger partial charge >= 0.3 is 0 Å². The van der Waals surface area contributed by atoms with Crippen molar-refractivity contribution >= 4 is 56.4 Å². The van der Waals surface area contributed by atoms with E-state index in [0.29, 0.717) is 22.8 Å². The summed E-state index contributed by atoms with van der Waals surface area (Å²) in [6.07, 6.45) is 1.90. The molecule has 1 saturated heterocycles. The lowest BCUT2D eigenvalue weighted by Crippen LogP contribution is -2.53. The Morgan fingerprint density at radius 2 is 1.95 bits per heavy atom. The van der Waals surface area contributed by atoms with Crippen molar-refractivity contribution in [3.05, 3.63) is 101 Å². The van der Waals surface area contributed by atoms with Crippen molar-refractivity contribution in [2.45, 2.75) is 42.9 Å². The monoisotopic (exact) mass is 680 g/mol. The number of benzene rings is 3. The molecular weight excluding hydrogens is 657 g/mol. The van der Waals surface area contributed by atoms with Crippen LogP contribution in [0.4, 0.5) is 20.2 Å². The van der Waals surface area contributed by atoms with Crippen molar-refractivity contribution in [1.82, 2.24) is 10.2 Å². The average Bonchev–Trinajstić information content (AvgIpc) is 3.67. The fourth-order valence-corrected chi connectivity index (χ4v) is 7.37. The minimum absolute atomic E-state index is 0.0419. The highest BCUT2D eigenvalue weighted by molar-refractivity contribution is 9.10. The van der Waals surface area contributed by atoms with E-state index >= 15 is 4.39 Å². The molecule has 2 aliphatic heterocycles. The van der Waals surface area contributed by atoms with Gasteiger partial charge in [0.2, 0.25) is 5.91 Å². The average molecular weight is 682 g/mol. The number of nitrogens with one attached hydrogen (secondary N) is 2. The van der Waals surface area contributed by atoms with Crippen LogP contribution in [0.15, 0.2) is 53.0 Å². The lowest BCUT2D eigenvalue weighted by Gasteiger charge is -2.39. The van der Waals surface area contributed by atoms with Gasteiger partial charge in [0.05, 0.1) is 33.1 Å². The van der Waals surface area contributed by atoms with Crippen LogP contribution in [0.1, 0.15) is 35.4 Å². The zero-order valence-electron chi connectivity index (χ0n) is 21.9. The molecule has 1 aliphatic carbocycles. The fraction of sp³-hybridized carbons (Fsp3) is 0.345. The minimum atomic E-state index is -1.46. The molecule has 42 heavy (non-hydrogen) atoms. The van der Waals surface area contributed by atoms with Gasteiger partial charge in [-0.3, -0.25) is 19.8 Å². The molecule has 3 aliphatic rings. The van der Waals surface area contributed by atoms with Crippen LogP contribution in [0.2, 0.25) is 10.0 Å². The summed E-state index contributed by atoms with van der Waals surface area (Å²) in [6.45, 7) is -0.0620. The van der Waals surface area contributed by atoms with Crippen LogP contribution >= 0.6 is 39.1 Å². The number of carbonyl (C=O) groups is 1. The number of halogens is 5. The topological polar surface area (TPSA) is 108 Å². The van der Waals surface area contributed by atoms with Gasteiger partial charge in [0.1, 0.15) is 17.2 Å². The van der Waals surface area contributed by atoms with E-state index in [9.17, 15) is 24.4 Å². The number of likely N-dealkylation sites (tertiary alicyclic amines) is 1. The number of nitrogens with zero attached hydrogens (tertiary/aromatic N) is 2. The molecule has 0 radical (unpaired) electrons. The van der Waals surface area contributed by atoms with E-state index in [1.165, 1.54) is 12.1 Å². The van der Waals surface area contributed by atoms with Crippen molar-refractivity contribution in [2.24, 2.45) is 5.92 Å². The van der Waals surface area contributed by atoms with E-state index in [2.05, 4.69) is 26.6 Å². The molecule has 0 aromatic heterocycles. The number of hydrogen-bond donors (Lipinski definition) is 3. The molecule has 3 N–H and O–H groups in total. The number of nitro benzene ring substituents is 1. The third-order valence-electron chi connectivity index (χ3n) is 8.57. The van der Waals surface area contributed by atoms with Gasteiger partial charge in [-0.1, -0.05) is 41.4 Å². The Balaban J connectivity index is 1.55. The van der Waals surface area contributed by atoms with Gasteiger partial charge in [-0.2, -0.15) is 0 Å². The second kappa shape index (κ2) is 11.1. The second-order valence-electron chi connectivity index (χ2n) is 10.9. The van der Waals surface area contributed by atoms with Crippen molar-refractivity contribution in [3.8, 4) is 0 Å². The first-order valence-corrected chi connectivity index (χ1v) is 14.9. The number of aliphatic hydroxyl groups is 1. The lowest BCUT2D eigenvalue weighted by molar-refractivity contribution is -0.385. The molecule has 1 saturated carbocycles. The predicted molar refractivity (Wildman–Crippen MR) is 158 cm³/mol. The Labute approximate surface area is 258 Å². The molecule has 2 heterocycles. The van der Waals surface area contributed by atoms with Gasteiger partial charge in [-0.15, -0.1) is 0 Å². The zero-order valence-corrected chi connectivity index (χ0v) is 25.0. The van der Waals surface area contributed by atoms with Gasteiger partial charge in [-0.05, 0) is 64.5 Å². The second-order valence-corrected chi connectivity index (χ2v) is 12.6. The van der Waals surface area contributed by atoms with Crippen molar-refractivity contribution in [1.29, 1.82) is 0 Å². The van der Waals surface area contributed by atoms with E-state index in [-0.39, 0.29) is 33.1 Å². The highest BCUT2D eigenvalue weighted by atomic mass is 79.9. The van der Waals surface area contributed by atoms with Crippen molar-refractivity contribution in [2.75, 3.05) is 18.5 Å². The van der Waals surface area contributed by atoms with Crippen molar-refractivity contribution < 1.29 is 23.6 Å². The molecule has 13 heteroatoms. The van der Waals surface area contributed by atoms with Crippen molar-refractivity contribution in [3.63, 3.8) is 0 Å². The third-order valence-corrected chi connectivity index (χ3v) is 9.70. The quantitative estimate of drug-likeness (QED) is 0.195. The van der Waals surface area contributed by atoms with E-state index in [1.807, 2.05) is 4.90 Å². The van der Waals surface area contributed by atoms with Crippen LogP contribution in [0.3, 0.4) is 0 Å². The Morgan fingerprint density at radius 1 is 1.19 bits per heavy atom. The van der Waals surface area contributed by atoms with Crippen LogP contribution in [-0.4, -0.2) is 46.1 Å². The smallest absolute Gasteiger partial charge is 0.276 e. The maximum absolute atomic E-state index is 16.0. The molecule has 6 rings (SSSR count). The highest BCUT2D eigenvalue weighted by Gasteiger charge is 2.67. The van der Waals surface area contributed by atoms with Crippen LogP contribution in [0.5, 0.6) is 0 Å². The van der Waals surface area contributed by atoms with Crippen LogP contribution in [0.25, 0.3) is 0 Å². The summed E-state index contributed by atoms with van der Waals surface area (Å²) in [7, 11) is 0. The SMILES string of the molecule is O=C1Nc2cc(Cl)ccc2[C@@]12[C@@H](c1cccc(Cl)c1F)C(NCc1cc(Br)c(F)cc1[N+](=O)[O-])[C@H](CO)N2CC1CC1. The molecule has 220 valence electrons. The predicted octanol–water partition coefficient (Wildman–Crippen LogP) is 6.12. The van der Waals surface area contributed by atoms with E-state index in [1.54, 1.807) is 30.3 Å². The Hall–Kier alpha value is -2.67. The number of rotatable bonds is 8. The zero-order chi connectivity index (χ0) is 29.9. The van der Waals surface area contributed by atoms with Crippen LogP contribution in [-0.2, 0) is 16.9 Å². The Kier molecular flexibility index (Phi) is 7.78. The maximum Gasteiger partial charge on any atom is 0.276 e. The number of nitro groups is 1. The van der Waals surface area contributed by atoms with E-state index < -0.39 is 58.3 Å². The fourth-order valence-electron chi connectivity index (χ4n) is 6.62. The molecular formula is C29H25BrCl2F2N4O4. The first kappa shape index (κ1) is 29.4. The number of aliphatic hydroxyl groups excluding tert-OH is 1. The van der Waals surface area contributed by atoms with Gasteiger partial charge in [-0.25, -0.2) is 8.78 Å². The summed E-state index contributed by atoms with van der Waals surface area (Å²) in [4.78, 5) is 27.3. The number of fused-ring (bicyclic) bond motifs is 2. The van der Waals surface area contributed by atoms with Gasteiger partial charge < -0.3 is 15.7 Å². The first-order valence-electron chi connectivity index (χ1n) is 13.4. The standard InChI is InChI=1S/C29H25BrCl2F2N4O4/c30-19-8-15(23(38(41)42)10-21(19)33)11-35-27-24(13-39)37(12-14-4-5-14)29(25(27)17-2-1-3-20(32)26(17)34)18-7-6-16(31)9-22(18)36-28(29)40/h1-3,6-10,14,24-25,27,35,39H,4-5,11-13H2,(H,36,40)/t24-,25-,27?,29+/m0/s1. The summed E-state index contributed by atoms with van der Waals surface area (Å²) in [5.74, 6) is -2.55. The highest BCUT2D eigenvalue weighted by Crippen LogP contribution is 2.58. The molecule has 0 bridgehead atoms. The summed E-state index contributed by atoms with van der Waals surface area (Å²) in [5.41, 5.74) is -0.502. The molecule has 4 atom stereocenters.